The number of hydrogen-bond donors (Lipinski definition) is 3. The van der Waals surface area contributed by atoms with E-state index in [9.17, 15) is 23.1 Å². The van der Waals surface area contributed by atoms with Gasteiger partial charge in [-0.05, 0) is 62.5 Å². The lowest BCUT2D eigenvalue weighted by Gasteiger charge is -2.30. The number of carbonyl (C=O) groups is 1. The Hall–Kier alpha value is -2.24. The van der Waals surface area contributed by atoms with Gasteiger partial charge in [0.25, 0.3) is 5.91 Å². The number of fused-ring (bicyclic) bond motifs is 1. The smallest absolute Gasteiger partial charge is 0.382 e. The molecular formula is C25H35F3N4O3. The van der Waals surface area contributed by atoms with Crippen LogP contribution in [0.1, 0.15) is 53.8 Å². The molecule has 0 spiro atoms. The molecule has 0 saturated heterocycles. The molecular weight excluding hydrogens is 461 g/mol. The van der Waals surface area contributed by atoms with Gasteiger partial charge in [-0.25, -0.2) is 0 Å². The fraction of sp³-hybridized carbons (Fsp3) is 0.560. The van der Waals surface area contributed by atoms with Crippen LogP contribution < -0.4 is 11.1 Å². The highest BCUT2D eigenvalue weighted by Gasteiger charge is 2.43. The number of alkyl halides is 3. The largest absolute Gasteiger partial charge is 0.428 e. The molecule has 0 fully saturated rings. The quantitative estimate of drug-likeness (QED) is 0.322. The van der Waals surface area contributed by atoms with Gasteiger partial charge in [-0.15, -0.1) is 0 Å². The van der Waals surface area contributed by atoms with Gasteiger partial charge in [0.15, 0.2) is 0 Å². The lowest BCUT2D eigenvalue weighted by molar-refractivity contribution is -0.252. The Bertz CT molecular complexity index is 950. The van der Waals surface area contributed by atoms with Gasteiger partial charge in [0.1, 0.15) is 0 Å². The lowest BCUT2D eigenvalue weighted by atomic mass is 10.0. The number of rotatable bonds is 11. The third-order valence-corrected chi connectivity index (χ3v) is 6.62. The molecule has 4 unspecified atom stereocenters. The summed E-state index contributed by atoms with van der Waals surface area (Å²) in [5, 5.41) is 13.0. The van der Waals surface area contributed by atoms with Crippen LogP contribution in [-0.4, -0.2) is 72.6 Å². The average Bonchev–Trinajstić information content (AvgIpc) is 3.15. The van der Waals surface area contributed by atoms with E-state index in [0.717, 1.165) is 44.0 Å². The molecule has 0 saturated carbocycles. The van der Waals surface area contributed by atoms with Crippen molar-refractivity contribution < 1.29 is 27.8 Å². The maximum atomic E-state index is 13.0. The van der Waals surface area contributed by atoms with Crippen LogP contribution in [0.5, 0.6) is 0 Å². The molecule has 10 heteroatoms. The summed E-state index contributed by atoms with van der Waals surface area (Å²) in [5.41, 5.74) is 8.55. The molecule has 4 atom stereocenters. The number of hydrogen-bond acceptors (Lipinski definition) is 6. The Kier molecular flexibility index (Phi) is 9.11. The Morgan fingerprint density at radius 3 is 2.74 bits per heavy atom. The number of nitrogens with one attached hydrogen (secondary N) is 1. The molecule has 1 aromatic rings. The van der Waals surface area contributed by atoms with E-state index in [1.807, 2.05) is 6.08 Å². The summed E-state index contributed by atoms with van der Waals surface area (Å²) in [6, 6.07) is 5.10. The predicted molar refractivity (Wildman–Crippen MR) is 127 cm³/mol. The number of methoxy groups -OCH3 is 1. The lowest BCUT2D eigenvalue weighted by Crippen LogP contribution is -2.47. The van der Waals surface area contributed by atoms with Crippen molar-refractivity contribution in [1.29, 1.82) is 0 Å². The Balaban J connectivity index is 1.54. The van der Waals surface area contributed by atoms with Gasteiger partial charge in [0, 0.05) is 31.8 Å². The van der Waals surface area contributed by atoms with Crippen LogP contribution in [0.3, 0.4) is 0 Å². The zero-order chi connectivity index (χ0) is 25.8. The van der Waals surface area contributed by atoms with Crippen molar-refractivity contribution in [3.63, 3.8) is 0 Å². The van der Waals surface area contributed by atoms with E-state index < -0.39 is 18.6 Å². The number of amides is 1. The molecule has 0 bridgehead atoms. The molecule has 1 aliphatic carbocycles. The van der Waals surface area contributed by atoms with Crippen molar-refractivity contribution >= 4 is 5.91 Å². The summed E-state index contributed by atoms with van der Waals surface area (Å²) in [6.45, 7) is 3.84. The first-order valence-corrected chi connectivity index (χ1v) is 11.8. The second kappa shape index (κ2) is 11.7. The van der Waals surface area contributed by atoms with Crippen LogP contribution in [0.25, 0.3) is 0 Å². The predicted octanol–water partition coefficient (Wildman–Crippen LogP) is 3.07. The number of ether oxygens (including phenoxy) is 1. The van der Waals surface area contributed by atoms with E-state index >= 15 is 0 Å². The third-order valence-electron chi connectivity index (χ3n) is 6.62. The molecule has 1 heterocycles. The molecule has 0 radical (unpaired) electrons. The van der Waals surface area contributed by atoms with E-state index in [1.54, 1.807) is 24.1 Å². The van der Waals surface area contributed by atoms with Crippen LogP contribution in [0, 0.1) is 0 Å². The summed E-state index contributed by atoms with van der Waals surface area (Å²) >= 11 is 0. The normalized spacial score (nSPS) is 20.7. The zero-order valence-electron chi connectivity index (χ0n) is 20.4. The molecule has 7 nitrogen and oxygen atoms in total. The van der Waals surface area contributed by atoms with E-state index in [2.05, 4.69) is 24.4 Å². The summed E-state index contributed by atoms with van der Waals surface area (Å²) < 4.78 is 43.8. The molecule has 4 N–H and O–H groups in total. The minimum Gasteiger partial charge on any atom is -0.382 e. The minimum atomic E-state index is -4.83. The number of halogens is 3. The van der Waals surface area contributed by atoms with E-state index in [-0.39, 0.29) is 18.1 Å². The van der Waals surface area contributed by atoms with Crippen molar-refractivity contribution in [2.45, 2.75) is 63.4 Å². The topological polar surface area (TPSA) is 91.1 Å². The molecule has 1 amide bonds. The molecule has 35 heavy (non-hydrogen) atoms. The van der Waals surface area contributed by atoms with Crippen molar-refractivity contribution in [2.75, 3.05) is 27.2 Å². The first kappa shape index (κ1) is 27.3. The van der Waals surface area contributed by atoms with Crippen molar-refractivity contribution in [1.82, 2.24) is 15.1 Å². The molecule has 2 aliphatic rings. The first-order valence-electron chi connectivity index (χ1n) is 11.8. The van der Waals surface area contributed by atoms with Crippen molar-refractivity contribution in [3.8, 4) is 0 Å². The highest BCUT2D eigenvalue weighted by Crippen LogP contribution is 2.30. The summed E-state index contributed by atoms with van der Waals surface area (Å²) in [4.78, 5) is 15.3. The number of nitrogens with two attached hydrogens (primary N) is 1. The van der Waals surface area contributed by atoms with Crippen LogP contribution >= 0.6 is 0 Å². The van der Waals surface area contributed by atoms with Gasteiger partial charge in [-0.1, -0.05) is 30.4 Å². The molecule has 3 rings (SSSR count). The summed E-state index contributed by atoms with van der Waals surface area (Å²) in [7, 11) is 2.81. The van der Waals surface area contributed by atoms with Crippen molar-refractivity contribution in [3.05, 3.63) is 58.7 Å². The first-order chi connectivity index (χ1) is 16.5. The molecule has 1 aromatic carbocycles. The van der Waals surface area contributed by atoms with Crippen molar-refractivity contribution in [2.24, 2.45) is 5.73 Å². The number of aliphatic hydroxyl groups excluding tert-OH is 1. The summed E-state index contributed by atoms with van der Waals surface area (Å²) in [5.74, 6) is -0.185. The van der Waals surface area contributed by atoms with Gasteiger partial charge in [-0.3, -0.25) is 9.69 Å². The van der Waals surface area contributed by atoms with E-state index in [4.69, 9.17) is 10.5 Å². The number of benzene rings is 1. The van der Waals surface area contributed by atoms with Gasteiger partial charge >= 0.3 is 6.18 Å². The molecule has 1 aliphatic heterocycles. The van der Waals surface area contributed by atoms with Gasteiger partial charge in [0.2, 0.25) is 6.23 Å². The third kappa shape index (κ3) is 6.92. The summed E-state index contributed by atoms with van der Waals surface area (Å²) in [6.07, 6.45) is 0.664. The molecule has 0 aromatic heterocycles. The van der Waals surface area contributed by atoms with Crippen LogP contribution in [0.15, 0.2) is 42.0 Å². The van der Waals surface area contributed by atoms with Crippen LogP contribution in [0.2, 0.25) is 0 Å². The zero-order valence-corrected chi connectivity index (χ0v) is 20.4. The fourth-order valence-electron chi connectivity index (χ4n) is 4.26. The van der Waals surface area contributed by atoms with E-state index in [1.165, 1.54) is 6.07 Å². The maximum Gasteiger partial charge on any atom is 0.428 e. The van der Waals surface area contributed by atoms with Gasteiger partial charge in [-0.2, -0.15) is 13.2 Å². The number of aliphatic hydroxyl groups is 1. The SMILES string of the molecule is COC(C)CCCNC1C=CC(CN2Cc3ccc(C(N)N(C)C(O)C(F)(F)F)cc3C2=O)=CC1. The maximum absolute atomic E-state index is 13.0. The Morgan fingerprint density at radius 1 is 1.37 bits per heavy atom. The van der Waals surface area contributed by atoms with Gasteiger partial charge < -0.3 is 25.8 Å². The highest BCUT2D eigenvalue weighted by atomic mass is 19.4. The number of carbonyl (C=O) groups excluding carboxylic acids is 1. The second-order valence-electron chi connectivity index (χ2n) is 9.23. The Morgan fingerprint density at radius 2 is 2.11 bits per heavy atom. The average molecular weight is 497 g/mol. The minimum absolute atomic E-state index is 0.185. The standard InChI is InChI=1S/C25H35F3N4O3/c1-16(35-3)5-4-12-30-20-10-6-17(7-11-20)14-32-15-19-9-8-18(13-21(19)23(32)33)22(29)31(2)24(34)25(26,27)28/h6-10,13,16,20,22,24,30,34H,4-5,11-12,14-15,29H2,1-3H3. The van der Waals surface area contributed by atoms with E-state index in [0.29, 0.717) is 29.1 Å². The van der Waals surface area contributed by atoms with Gasteiger partial charge in [0.05, 0.1) is 12.3 Å². The Labute approximate surface area is 204 Å². The highest BCUT2D eigenvalue weighted by molar-refractivity contribution is 5.98. The monoisotopic (exact) mass is 496 g/mol. The fourth-order valence-corrected chi connectivity index (χ4v) is 4.26. The van der Waals surface area contributed by atoms with Crippen LogP contribution in [-0.2, 0) is 11.3 Å². The number of nitrogens with zero attached hydrogens (tertiary/aromatic N) is 2. The van der Waals surface area contributed by atoms with Crippen LogP contribution in [0.4, 0.5) is 13.2 Å². The second-order valence-corrected chi connectivity index (χ2v) is 9.23. The molecule has 194 valence electrons.